The van der Waals surface area contributed by atoms with Crippen LogP contribution in [0.5, 0.6) is 0 Å². The number of carbonyl (C=O) groups excluding carboxylic acids is 1. The molecule has 0 saturated carbocycles. The Bertz CT molecular complexity index is 973. The SMILES string of the molecule is CC(C)c1c(C(=O)NNc2ccc(F)c(F)c2F)cnn1-c1ccccn1. The molecule has 0 radical (unpaired) electrons. The summed E-state index contributed by atoms with van der Waals surface area (Å²) in [6, 6.07) is 7.03. The monoisotopic (exact) mass is 375 g/mol. The van der Waals surface area contributed by atoms with E-state index in [0.29, 0.717) is 11.5 Å². The normalized spacial score (nSPS) is 10.9. The quantitative estimate of drug-likeness (QED) is 0.528. The van der Waals surface area contributed by atoms with Crippen LogP contribution in [-0.4, -0.2) is 20.7 Å². The number of hydrazine groups is 1. The Kier molecular flexibility index (Phi) is 5.11. The van der Waals surface area contributed by atoms with E-state index in [2.05, 4.69) is 20.9 Å². The van der Waals surface area contributed by atoms with Crippen LogP contribution in [0.25, 0.3) is 5.82 Å². The highest BCUT2D eigenvalue weighted by Crippen LogP contribution is 2.23. The fourth-order valence-corrected chi connectivity index (χ4v) is 2.56. The second-order valence-electron chi connectivity index (χ2n) is 6.00. The van der Waals surface area contributed by atoms with E-state index in [0.717, 1.165) is 12.1 Å². The standard InChI is InChI=1S/C18H16F3N5O/c1-10(2)17-11(9-23-26(17)14-5-3-4-8-22-14)18(27)25-24-13-7-6-12(19)15(20)16(13)21/h3-10,24H,1-2H3,(H,25,27). The van der Waals surface area contributed by atoms with Crippen molar-refractivity contribution in [1.29, 1.82) is 0 Å². The smallest absolute Gasteiger partial charge is 0.273 e. The van der Waals surface area contributed by atoms with Crippen molar-refractivity contribution in [2.75, 3.05) is 5.43 Å². The average Bonchev–Trinajstić information content (AvgIpc) is 3.11. The lowest BCUT2D eigenvalue weighted by Gasteiger charge is -2.13. The van der Waals surface area contributed by atoms with Crippen LogP contribution in [0.15, 0.2) is 42.7 Å². The lowest BCUT2D eigenvalue weighted by molar-refractivity contribution is 0.0961. The van der Waals surface area contributed by atoms with Gasteiger partial charge in [0.05, 0.1) is 23.1 Å². The maximum atomic E-state index is 13.7. The van der Waals surface area contributed by atoms with Gasteiger partial charge in [0.25, 0.3) is 5.91 Å². The predicted octanol–water partition coefficient (Wildman–Crippen LogP) is 3.56. The van der Waals surface area contributed by atoms with Gasteiger partial charge in [-0.15, -0.1) is 0 Å². The molecule has 0 unspecified atom stereocenters. The van der Waals surface area contributed by atoms with Crippen molar-refractivity contribution in [2.24, 2.45) is 0 Å². The molecular formula is C18H16F3N5O. The van der Waals surface area contributed by atoms with Gasteiger partial charge in [-0.1, -0.05) is 19.9 Å². The van der Waals surface area contributed by atoms with Gasteiger partial charge in [-0.2, -0.15) is 5.10 Å². The van der Waals surface area contributed by atoms with Crippen LogP contribution >= 0.6 is 0 Å². The molecule has 0 bridgehead atoms. The Hall–Kier alpha value is -3.36. The largest absolute Gasteiger partial charge is 0.295 e. The Morgan fingerprint density at radius 2 is 1.89 bits per heavy atom. The van der Waals surface area contributed by atoms with Crippen LogP contribution in [0.4, 0.5) is 18.9 Å². The summed E-state index contributed by atoms with van der Waals surface area (Å²) < 4.78 is 41.5. The van der Waals surface area contributed by atoms with Gasteiger partial charge >= 0.3 is 0 Å². The minimum Gasteiger partial charge on any atom is -0.295 e. The van der Waals surface area contributed by atoms with Crippen molar-refractivity contribution in [1.82, 2.24) is 20.2 Å². The molecule has 0 atom stereocenters. The number of aromatic nitrogens is 3. The maximum absolute atomic E-state index is 13.7. The molecule has 0 spiro atoms. The first-order valence-corrected chi connectivity index (χ1v) is 8.09. The van der Waals surface area contributed by atoms with E-state index in [-0.39, 0.29) is 11.5 Å². The molecule has 0 aliphatic heterocycles. The molecule has 0 aliphatic carbocycles. The summed E-state index contributed by atoms with van der Waals surface area (Å²) in [6.07, 6.45) is 2.97. The van der Waals surface area contributed by atoms with Crippen LogP contribution in [0, 0.1) is 17.5 Å². The molecule has 0 fully saturated rings. The number of benzene rings is 1. The highest BCUT2D eigenvalue weighted by Gasteiger charge is 2.22. The summed E-state index contributed by atoms with van der Waals surface area (Å²) in [4.78, 5) is 16.7. The average molecular weight is 375 g/mol. The van der Waals surface area contributed by atoms with Gasteiger partial charge in [0.15, 0.2) is 23.3 Å². The number of hydrogen-bond donors (Lipinski definition) is 2. The van der Waals surface area contributed by atoms with Gasteiger partial charge in [-0.25, -0.2) is 22.8 Å². The van der Waals surface area contributed by atoms with E-state index in [1.165, 1.54) is 10.9 Å². The topological polar surface area (TPSA) is 71.8 Å². The number of nitrogens with one attached hydrogen (secondary N) is 2. The molecule has 0 aliphatic rings. The second kappa shape index (κ2) is 7.48. The molecule has 140 valence electrons. The van der Waals surface area contributed by atoms with Gasteiger partial charge in [0.2, 0.25) is 0 Å². The summed E-state index contributed by atoms with van der Waals surface area (Å²) in [6.45, 7) is 3.77. The third-order valence-electron chi connectivity index (χ3n) is 3.81. The molecule has 6 nitrogen and oxygen atoms in total. The van der Waals surface area contributed by atoms with Crippen molar-refractivity contribution in [3.8, 4) is 5.82 Å². The van der Waals surface area contributed by atoms with E-state index in [4.69, 9.17) is 0 Å². The second-order valence-corrected chi connectivity index (χ2v) is 6.00. The highest BCUT2D eigenvalue weighted by molar-refractivity contribution is 5.96. The zero-order valence-electron chi connectivity index (χ0n) is 14.5. The minimum atomic E-state index is -1.62. The number of pyridine rings is 1. The van der Waals surface area contributed by atoms with Crippen molar-refractivity contribution < 1.29 is 18.0 Å². The summed E-state index contributed by atoms with van der Waals surface area (Å²) in [7, 11) is 0. The molecule has 1 amide bonds. The Morgan fingerprint density at radius 1 is 1.11 bits per heavy atom. The molecule has 2 aromatic heterocycles. The Balaban J connectivity index is 1.85. The molecule has 2 N–H and O–H groups in total. The van der Waals surface area contributed by atoms with E-state index >= 15 is 0 Å². The van der Waals surface area contributed by atoms with Gasteiger partial charge in [0, 0.05) is 6.20 Å². The first kappa shape index (κ1) is 18.4. The fourth-order valence-electron chi connectivity index (χ4n) is 2.56. The van der Waals surface area contributed by atoms with Crippen molar-refractivity contribution in [2.45, 2.75) is 19.8 Å². The predicted molar refractivity (Wildman–Crippen MR) is 92.9 cm³/mol. The number of carbonyl (C=O) groups is 1. The highest BCUT2D eigenvalue weighted by atomic mass is 19.2. The molecular weight excluding hydrogens is 359 g/mol. The van der Waals surface area contributed by atoms with E-state index in [1.807, 2.05) is 13.8 Å². The zero-order chi connectivity index (χ0) is 19.6. The zero-order valence-corrected chi connectivity index (χ0v) is 14.5. The number of rotatable bonds is 5. The number of hydrogen-bond acceptors (Lipinski definition) is 4. The molecule has 9 heteroatoms. The number of nitrogens with zero attached hydrogens (tertiary/aromatic N) is 3. The Morgan fingerprint density at radius 3 is 2.56 bits per heavy atom. The number of amides is 1. The maximum Gasteiger partial charge on any atom is 0.273 e. The fraction of sp³-hybridized carbons (Fsp3) is 0.167. The van der Waals surface area contributed by atoms with Gasteiger partial charge in [-0.05, 0) is 30.2 Å². The van der Waals surface area contributed by atoms with Crippen LogP contribution in [0.3, 0.4) is 0 Å². The summed E-state index contributed by atoms with van der Waals surface area (Å²) in [5, 5.41) is 4.21. The molecule has 27 heavy (non-hydrogen) atoms. The van der Waals surface area contributed by atoms with E-state index < -0.39 is 29.0 Å². The van der Waals surface area contributed by atoms with Crippen LogP contribution < -0.4 is 10.9 Å². The van der Waals surface area contributed by atoms with Crippen LogP contribution in [0.1, 0.15) is 35.8 Å². The molecule has 2 heterocycles. The first-order valence-electron chi connectivity index (χ1n) is 8.09. The number of halogens is 3. The van der Waals surface area contributed by atoms with E-state index in [9.17, 15) is 18.0 Å². The number of anilines is 1. The van der Waals surface area contributed by atoms with Crippen molar-refractivity contribution in [3.05, 3.63) is 71.4 Å². The van der Waals surface area contributed by atoms with Crippen LogP contribution in [0.2, 0.25) is 0 Å². The molecule has 3 aromatic rings. The third-order valence-corrected chi connectivity index (χ3v) is 3.81. The first-order chi connectivity index (χ1) is 12.9. The van der Waals surface area contributed by atoms with Crippen molar-refractivity contribution >= 4 is 11.6 Å². The summed E-state index contributed by atoms with van der Waals surface area (Å²) in [5.41, 5.74) is 4.97. The van der Waals surface area contributed by atoms with Crippen molar-refractivity contribution in [3.63, 3.8) is 0 Å². The molecule has 3 rings (SSSR count). The summed E-state index contributed by atoms with van der Waals surface area (Å²) >= 11 is 0. The minimum absolute atomic E-state index is 0.0738. The lowest BCUT2D eigenvalue weighted by Crippen LogP contribution is -2.30. The van der Waals surface area contributed by atoms with Gasteiger partial charge < -0.3 is 0 Å². The van der Waals surface area contributed by atoms with E-state index in [1.54, 1.807) is 24.4 Å². The summed E-state index contributed by atoms with van der Waals surface area (Å²) in [5.74, 6) is -4.51. The van der Waals surface area contributed by atoms with Crippen LogP contribution in [-0.2, 0) is 0 Å². The molecule has 1 aromatic carbocycles. The van der Waals surface area contributed by atoms with Gasteiger partial charge in [0.1, 0.15) is 0 Å². The molecule has 0 saturated heterocycles. The Labute approximate surface area is 153 Å². The third kappa shape index (κ3) is 3.62. The van der Waals surface area contributed by atoms with Gasteiger partial charge in [-0.3, -0.25) is 15.6 Å². The lowest BCUT2D eigenvalue weighted by atomic mass is 10.1.